The van der Waals surface area contributed by atoms with Crippen LogP contribution in [0.1, 0.15) is 57.6 Å². The maximum atomic E-state index is 14.9. The first kappa shape index (κ1) is 24.9. The number of hydrogen-bond acceptors (Lipinski definition) is 4. The standard InChI is InChI=1S/C25H22ClF4N3O2/c1-14-9-10-18(19(26)11-14)25(29,30)13-31-23(34)21-17-7-2-3-8-20(17)32-33-24(21)35-16-6-4-5-15(12-16)22(27)28/h4-6,9-12,22H,2-3,7-8,13H2,1H3,(H,31,34). The van der Waals surface area contributed by atoms with E-state index in [4.69, 9.17) is 16.3 Å². The molecule has 4 rings (SSSR count). The monoisotopic (exact) mass is 507 g/mol. The molecule has 184 valence electrons. The second-order valence-corrected chi connectivity index (χ2v) is 8.77. The van der Waals surface area contributed by atoms with Crippen molar-refractivity contribution in [3.8, 4) is 11.6 Å². The number of halogens is 5. The van der Waals surface area contributed by atoms with Crippen LogP contribution in [0.3, 0.4) is 0 Å². The van der Waals surface area contributed by atoms with E-state index in [1.54, 1.807) is 6.92 Å². The second kappa shape index (κ2) is 10.2. The summed E-state index contributed by atoms with van der Waals surface area (Å²) in [5.41, 5.74) is 1.17. The minimum Gasteiger partial charge on any atom is -0.437 e. The number of carbonyl (C=O) groups is 1. The van der Waals surface area contributed by atoms with Crippen molar-refractivity contribution in [3.63, 3.8) is 0 Å². The molecule has 1 heterocycles. The summed E-state index contributed by atoms with van der Waals surface area (Å²) in [6.45, 7) is 0.722. The molecule has 0 radical (unpaired) electrons. The molecule has 0 fully saturated rings. The van der Waals surface area contributed by atoms with Gasteiger partial charge in [0.05, 0.1) is 17.3 Å². The molecule has 1 amide bonds. The summed E-state index contributed by atoms with van der Waals surface area (Å²) in [6.07, 6.45) is -0.0236. The molecule has 5 nitrogen and oxygen atoms in total. The predicted molar refractivity (Wildman–Crippen MR) is 123 cm³/mol. The fourth-order valence-corrected chi connectivity index (χ4v) is 4.35. The van der Waals surface area contributed by atoms with Crippen molar-refractivity contribution in [3.05, 3.63) is 81.0 Å². The Bertz CT molecular complexity index is 1250. The van der Waals surface area contributed by atoms with Crippen LogP contribution in [0, 0.1) is 6.92 Å². The van der Waals surface area contributed by atoms with Crippen LogP contribution in [-0.2, 0) is 18.8 Å². The summed E-state index contributed by atoms with van der Waals surface area (Å²) >= 11 is 6.01. The molecule has 0 atom stereocenters. The minimum atomic E-state index is -3.44. The van der Waals surface area contributed by atoms with Crippen molar-refractivity contribution in [1.29, 1.82) is 0 Å². The highest BCUT2D eigenvalue weighted by atomic mass is 35.5. The van der Waals surface area contributed by atoms with Gasteiger partial charge < -0.3 is 10.1 Å². The maximum Gasteiger partial charge on any atom is 0.291 e. The van der Waals surface area contributed by atoms with E-state index in [0.717, 1.165) is 24.5 Å². The number of ether oxygens (including phenoxy) is 1. The quantitative estimate of drug-likeness (QED) is 0.367. The number of nitrogens with zero attached hydrogens (tertiary/aromatic N) is 2. The van der Waals surface area contributed by atoms with Gasteiger partial charge >= 0.3 is 0 Å². The van der Waals surface area contributed by atoms with Crippen LogP contribution in [0.4, 0.5) is 17.6 Å². The van der Waals surface area contributed by atoms with Gasteiger partial charge in [0.25, 0.3) is 24.1 Å². The van der Waals surface area contributed by atoms with Gasteiger partial charge in [-0.05, 0) is 61.9 Å². The fraction of sp³-hybridized carbons (Fsp3) is 0.320. The Labute approximate surface area is 204 Å². The SMILES string of the molecule is Cc1ccc(C(F)(F)CNC(=O)c2c(Oc3cccc(C(F)F)c3)nnc3c2CCCC3)c(Cl)c1. The number of hydrogen-bond donors (Lipinski definition) is 1. The molecular formula is C25H22ClF4N3O2. The maximum absolute atomic E-state index is 14.9. The first-order valence-corrected chi connectivity index (χ1v) is 11.4. The molecule has 35 heavy (non-hydrogen) atoms. The molecule has 10 heteroatoms. The van der Waals surface area contributed by atoms with Crippen molar-refractivity contribution >= 4 is 17.5 Å². The van der Waals surface area contributed by atoms with Gasteiger partial charge in [0.2, 0.25) is 0 Å². The number of rotatable bonds is 7. The third kappa shape index (κ3) is 5.56. The number of alkyl halides is 4. The van der Waals surface area contributed by atoms with Crippen molar-refractivity contribution in [2.75, 3.05) is 6.54 Å². The number of benzene rings is 2. The summed E-state index contributed by atoms with van der Waals surface area (Å²) in [7, 11) is 0. The number of nitrogens with one attached hydrogen (secondary N) is 1. The Hall–Kier alpha value is -3.20. The molecule has 1 aromatic heterocycles. The van der Waals surface area contributed by atoms with E-state index in [2.05, 4.69) is 15.5 Å². The first-order valence-electron chi connectivity index (χ1n) is 11.0. The molecule has 3 aromatic rings. The number of carbonyl (C=O) groups excluding carboxylic acids is 1. The second-order valence-electron chi connectivity index (χ2n) is 8.36. The highest BCUT2D eigenvalue weighted by Gasteiger charge is 2.35. The zero-order valence-corrected chi connectivity index (χ0v) is 19.5. The fourth-order valence-electron chi connectivity index (χ4n) is 3.98. The van der Waals surface area contributed by atoms with Crippen molar-refractivity contribution in [2.45, 2.75) is 45.0 Å². The van der Waals surface area contributed by atoms with Crippen LogP contribution < -0.4 is 10.1 Å². The highest BCUT2D eigenvalue weighted by molar-refractivity contribution is 6.31. The van der Waals surface area contributed by atoms with Crippen LogP contribution >= 0.6 is 11.6 Å². The van der Waals surface area contributed by atoms with Crippen LogP contribution in [0.15, 0.2) is 42.5 Å². The Morgan fingerprint density at radius 1 is 1.14 bits per heavy atom. The van der Waals surface area contributed by atoms with Crippen LogP contribution in [0.25, 0.3) is 0 Å². The summed E-state index contributed by atoms with van der Waals surface area (Å²) in [6, 6.07) is 9.35. The smallest absolute Gasteiger partial charge is 0.291 e. The van der Waals surface area contributed by atoms with E-state index in [0.29, 0.717) is 24.1 Å². The van der Waals surface area contributed by atoms with Gasteiger partial charge in [0.1, 0.15) is 11.3 Å². The van der Waals surface area contributed by atoms with E-state index in [-0.39, 0.29) is 27.8 Å². The van der Waals surface area contributed by atoms with Crippen LogP contribution in [0.5, 0.6) is 11.6 Å². The molecule has 0 saturated carbocycles. The van der Waals surface area contributed by atoms with Gasteiger partial charge in [-0.15, -0.1) is 5.10 Å². The molecule has 0 bridgehead atoms. The van der Waals surface area contributed by atoms with Gasteiger partial charge in [-0.25, -0.2) is 8.78 Å². The highest BCUT2D eigenvalue weighted by Crippen LogP contribution is 2.35. The molecular weight excluding hydrogens is 486 g/mol. The topological polar surface area (TPSA) is 64.1 Å². The van der Waals surface area contributed by atoms with Crippen molar-refractivity contribution in [2.24, 2.45) is 0 Å². The van der Waals surface area contributed by atoms with Crippen LogP contribution in [-0.4, -0.2) is 22.6 Å². The summed E-state index contributed by atoms with van der Waals surface area (Å²) in [5, 5.41) is 10.3. The third-order valence-corrected chi connectivity index (χ3v) is 6.07. The average Bonchev–Trinajstić information content (AvgIpc) is 2.82. The predicted octanol–water partition coefficient (Wildman–Crippen LogP) is 6.57. The Balaban J connectivity index is 1.63. The molecule has 2 aromatic carbocycles. The average molecular weight is 508 g/mol. The molecule has 1 N–H and O–H groups in total. The number of aryl methyl sites for hydroxylation is 2. The molecule has 0 aliphatic heterocycles. The lowest BCUT2D eigenvalue weighted by atomic mass is 9.92. The van der Waals surface area contributed by atoms with E-state index >= 15 is 0 Å². The van der Waals surface area contributed by atoms with E-state index in [1.807, 2.05) is 0 Å². The van der Waals surface area contributed by atoms with Crippen molar-refractivity contribution < 1.29 is 27.1 Å². The molecule has 0 spiro atoms. The molecule has 1 aliphatic rings. The Morgan fingerprint density at radius 3 is 2.66 bits per heavy atom. The third-order valence-electron chi connectivity index (χ3n) is 5.76. The van der Waals surface area contributed by atoms with Gasteiger partial charge in [0.15, 0.2) is 0 Å². The van der Waals surface area contributed by atoms with Gasteiger partial charge in [-0.1, -0.05) is 35.9 Å². The largest absolute Gasteiger partial charge is 0.437 e. The zero-order valence-electron chi connectivity index (χ0n) is 18.8. The molecule has 0 unspecified atom stereocenters. The van der Waals surface area contributed by atoms with Gasteiger partial charge in [-0.3, -0.25) is 4.79 Å². The van der Waals surface area contributed by atoms with E-state index in [1.165, 1.54) is 36.4 Å². The Kier molecular flexibility index (Phi) is 7.25. The molecule has 1 aliphatic carbocycles. The zero-order chi connectivity index (χ0) is 25.2. The van der Waals surface area contributed by atoms with Crippen LogP contribution in [0.2, 0.25) is 5.02 Å². The minimum absolute atomic E-state index is 0.0250. The van der Waals surface area contributed by atoms with Gasteiger partial charge in [-0.2, -0.15) is 13.9 Å². The van der Waals surface area contributed by atoms with Crippen molar-refractivity contribution in [1.82, 2.24) is 15.5 Å². The summed E-state index contributed by atoms with van der Waals surface area (Å²) in [5.74, 6) is -4.46. The lowest BCUT2D eigenvalue weighted by Gasteiger charge is -2.22. The molecule has 0 saturated heterocycles. The van der Waals surface area contributed by atoms with Gasteiger partial charge in [0, 0.05) is 11.1 Å². The lowest BCUT2D eigenvalue weighted by Crippen LogP contribution is -2.36. The van der Waals surface area contributed by atoms with E-state index < -0.39 is 30.4 Å². The van der Waals surface area contributed by atoms with E-state index in [9.17, 15) is 22.4 Å². The lowest BCUT2D eigenvalue weighted by molar-refractivity contribution is -0.00242. The number of amides is 1. The number of aromatic nitrogens is 2. The normalized spacial score (nSPS) is 13.5. The number of fused-ring (bicyclic) bond motifs is 1. The summed E-state index contributed by atoms with van der Waals surface area (Å²) < 4.78 is 61.6. The summed E-state index contributed by atoms with van der Waals surface area (Å²) in [4.78, 5) is 13.2. The Morgan fingerprint density at radius 2 is 1.91 bits per heavy atom. The first-order chi connectivity index (χ1) is 16.7.